The molecular weight excluding hydrogens is 442 g/mol. The van der Waals surface area contributed by atoms with Crippen LogP contribution < -0.4 is 9.05 Å². The van der Waals surface area contributed by atoms with E-state index < -0.39 is 12.6 Å². The molecule has 1 unspecified atom stereocenters. The molecule has 4 aromatic carbocycles. The number of hydrogen-bond acceptors (Lipinski definition) is 4. The minimum absolute atomic E-state index is 0.196. The lowest BCUT2D eigenvalue weighted by atomic mass is 10.0. The Morgan fingerprint density at radius 2 is 1.56 bits per heavy atom. The molecule has 166 valence electrons. The van der Waals surface area contributed by atoms with Gasteiger partial charge in [-0.25, -0.2) is 8.96 Å². The maximum Gasteiger partial charge on any atom is 0.492 e. The molecule has 0 aromatic heterocycles. The summed E-state index contributed by atoms with van der Waals surface area (Å²) in [5.74, 6) is 0.879. The van der Waals surface area contributed by atoms with Gasteiger partial charge in [0.15, 0.2) is 0 Å². The molecule has 0 spiro atoms. The van der Waals surface area contributed by atoms with Gasteiger partial charge in [-0.15, -0.1) is 0 Å². The second-order valence-electron chi connectivity index (χ2n) is 7.69. The fourth-order valence-electron chi connectivity index (χ4n) is 3.61. The highest BCUT2D eigenvalue weighted by atomic mass is 32.7. The lowest BCUT2D eigenvalue weighted by Crippen LogP contribution is -2.00. The molecule has 3 nitrogen and oxygen atoms in total. The van der Waals surface area contributed by atoms with Crippen molar-refractivity contribution in [3.05, 3.63) is 84.2 Å². The van der Waals surface area contributed by atoms with Crippen LogP contribution in [0.5, 0.6) is 11.5 Å². The summed E-state index contributed by atoms with van der Waals surface area (Å²) < 4.78 is 40.3. The zero-order valence-corrected chi connectivity index (χ0v) is 19.9. The molecule has 0 aliphatic heterocycles. The van der Waals surface area contributed by atoms with Crippen LogP contribution in [0.4, 0.5) is 4.39 Å². The number of hydrogen-bond donors (Lipinski definition) is 0. The molecule has 0 amide bonds. The van der Waals surface area contributed by atoms with Crippen LogP contribution in [0.15, 0.2) is 72.8 Å². The van der Waals surface area contributed by atoms with Crippen molar-refractivity contribution in [2.24, 2.45) is 0 Å². The van der Waals surface area contributed by atoms with Gasteiger partial charge >= 0.3 is 6.80 Å². The Morgan fingerprint density at radius 3 is 2.31 bits per heavy atom. The standard InChI is InChI=1S/C26H26FO3PS/c1-3-8-19-9-7-12-23(14-19)29-31(28,32-13-4-2)30-24-16-22-15-20-10-5-6-11-21(20)17-25(22)26(27)18-24/h5-7,9-12,14-18H,3-4,8,13H2,1-2H3. The minimum Gasteiger partial charge on any atom is -0.408 e. The van der Waals surface area contributed by atoms with Gasteiger partial charge < -0.3 is 9.05 Å². The fraction of sp³-hybridized carbons (Fsp3) is 0.231. The molecular formula is C26H26FO3PS. The molecule has 32 heavy (non-hydrogen) atoms. The van der Waals surface area contributed by atoms with Crippen molar-refractivity contribution < 1.29 is 18.0 Å². The number of fused-ring (bicyclic) bond motifs is 2. The van der Waals surface area contributed by atoms with Gasteiger partial charge in [-0.1, -0.05) is 56.7 Å². The van der Waals surface area contributed by atoms with Crippen molar-refractivity contribution in [2.45, 2.75) is 33.1 Å². The summed E-state index contributed by atoms with van der Waals surface area (Å²) in [5, 5.41) is 3.16. The van der Waals surface area contributed by atoms with Crippen LogP contribution in [-0.2, 0) is 11.0 Å². The zero-order chi connectivity index (χ0) is 22.6. The first kappa shape index (κ1) is 22.7. The monoisotopic (exact) mass is 468 g/mol. The summed E-state index contributed by atoms with van der Waals surface area (Å²) in [5.41, 5.74) is 1.11. The third-order valence-electron chi connectivity index (χ3n) is 5.07. The minimum atomic E-state index is -3.61. The van der Waals surface area contributed by atoms with Crippen molar-refractivity contribution in [1.29, 1.82) is 0 Å². The lowest BCUT2D eigenvalue weighted by Gasteiger charge is -2.20. The maximum absolute atomic E-state index is 14.9. The smallest absolute Gasteiger partial charge is 0.408 e. The van der Waals surface area contributed by atoms with Crippen molar-refractivity contribution in [3.8, 4) is 11.5 Å². The van der Waals surface area contributed by atoms with Gasteiger partial charge in [-0.2, -0.15) is 0 Å². The van der Waals surface area contributed by atoms with Gasteiger partial charge in [0.25, 0.3) is 0 Å². The molecule has 0 radical (unpaired) electrons. The van der Waals surface area contributed by atoms with E-state index in [4.69, 9.17) is 9.05 Å². The third-order valence-corrected chi connectivity index (χ3v) is 8.79. The second-order valence-corrected chi connectivity index (χ2v) is 11.7. The average Bonchev–Trinajstić information content (AvgIpc) is 2.77. The van der Waals surface area contributed by atoms with Gasteiger partial charge in [0.1, 0.15) is 17.3 Å². The topological polar surface area (TPSA) is 35.5 Å². The summed E-state index contributed by atoms with van der Waals surface area (Å²) >= 11 is 1.14. The predicted octanol–water partition coefficient (Wildman–Crippen LogP) is 8.79. The van der Waals surface area contributed by atoms with E-state index in [0.717, 1.165) is 47.0 Å². The normalized spacial score (nSPS) is 13.2. The number of rotatable bonds is 9. The second kappa shape index (κ2) is 9.97. The van der Waals surface area contributed by atoms with E-state index in [1.807, 2.05) is 61.5 Å². The van der Waals surface area contributed by atoms with Gasteiger partial charge in [-0.3, -0.25) is 0 Å². The third kappa shape index (κ3) is 5.28. The number of aryl methyl sites for hydroxylation is 1. The highest BCUT2D eigenvalue weighted by Crippen LogP contribution is 2.60. The average molecular weight is 469 g/mol. The van der Waals surface area contributed by atoms with Gasteiger partial charge in [0.2, 0.25) is 0 Å². The van der Waals surface area contributed by atoms with Crippen LogP contribution in [0.3, 0.4) is 0 Å². The van der Waals surface area contributed by atoms with Crippen LogP contribution in [-0.4, -0.2) is 5.75 Å². The first-order valence-electron chi connectivity index (χ1n) is 10.8. The quantitative estimate of drug-likeness (QED) is 0.182. The molecule has 1 atom stereocenters. The zero-order valence-electron chi connectivity index (χ0n) is 18.2. The van der Waals surface area contributed by atoms with Crippen LogP contribution >= 0.6 is 18.2 Å². The molecule has 0 aliphatic carbocycles. The number of benzene rings is 4. The van der Waals surface area contributed by atoms with Gasteiger partial charge in [0, 0.05) is 17.2 Å². The summed E-state index contributed by atoms with van der Waals surface area (Å²) in [6.07, 6.45) is 2.73. The van der Waals surface area contributed by atoms with E-state index in [9.17, 15) is 8.96 Å². The highest BCUT2D eigenvalue weighted by molar-refractivity contribution is 8.55. The maximum atomic E-state index is 14.9. The molecule has 0 saturated heterocycles. The van der Waals surface area contributed by atoms with Gasteiger partial charge in [-0.05, 0) is 76.3 Å². The van der Waals surface area contributed by atoms with Crippen LogP contribution in [0.1, 0.15) is 32.3 Å². The Balaban J connectivity index is 1.67. The molecule has 0 bridgehead atoms. The van der Waals surface area contributed by atoms with Crippen molar-refractivity contribution >= 4 is 39.7 Å². The van der Waals surface area contributed by atoms with Crippen LogP contribution in [0.25, 0.3) is 21.5 Å². The van der Waals surface area contributed by atoms with E-state index in [1.165, 1.54) is 6.07 Å². The van der Waals surface area contributed by atoms with E-state index in [-0.39, 0.29) is 5.75 Å². The van der Waals surface area contributed by atoms with Crippen LogP contribution in [0, 0.1) is 5.82 Å². The van der Waals surface area contributed by atoms with Crippen molar-refractivity contribution in [2.75, 3.05) is 5.75 Å². The summed E-state index contributed by atoms with van der Waals surface area (Å²) in [4.78, 5) is 0. The molecule has 6 heteroatoms. The fourth-order valence-corrected chi connectivity index (χ4v) is 6.95. The largest absolute Gasteiger partial charge is 0.492 e. The number of halogens is 1. The first-order chi connectivity index (χ1) is 15.5. The summed E-state index contributed by atoms with van der Waals surface area (Å²) in [6, 6.07) is 22.1. The van der Waals surface area contributed by atoms with E-state index in [2.05, 4.69) is 6.92 Å². The molecule has 4 rings (SSSR count). The first-order valence-corrected chi connectivity index (χ1v) is 14.0. The molecule has 0 saturated carbocycles. The molecule has 0 fully saturated rings. The Bertz CT molecular complexity index is 1290. The van der Waals surface area contributed by atoms with Gasteiger partial charge in [0.05, 0.1) is 0 Å². The predicted molar refractivity (Wildman–Crippen MR) is 133 cm³/mol. The van der Waals surface area contributed by atoms with Crippen LogP contribution in [0.2, 0.25) is 0 Å². The molecule has 0 heterocycles. The van der Waals surface area contributed by atoms with E-state index in [0.29, 0.717) is 22.3 Å². The Labute approximate surface area is 192 Å². The highest BCUT2D eigenvalue weighted by Gasteiger charge is 2.29. The summed E-state index contributed by atoms with van der Waals surface area (Å²) in [7, 11) is 0. The Kier molecular flexibility index (Phi) is 7.07. The Morgan fingerprint density at radius 1 is 0.812 bits per heavy atom. The van der Waals surface area contributed by atoms with Crippen molar-refractivity contribution in [3.63, 3.8) is 0 Å². The summed E-state index contributed by atoms with van der Waals surface area (Å²) in [6.45, 7) is 0.493. The van der Waals surface area contributed by atoms with E-state index >= 15 is 0 Å². The SMILES string of the molecule is CCCSP(=O)(Oc1cccc(CCC)c1)Oc1cc(F)c2cc3ccccc3cc2c1. The van der Waals surface area contributed by atoms with E-state index in [1.54, 1.807) is 12.1 Å². The molecule has 0 N–H and O–H groups in total. The molecule has 0 aliphatic rings. The Hall–Kier alpha value is -2.49. The van der Waals surface area contributed by atoms with Crippen molar-refractivity contribution in [1.82, 2.24) is 0 Å². The lowest BCUT2D eigenvalue weighted by molar-refractivity contribution is 0.407. The molecule has 4 aromatic rings.